The normalized spacial score (nSPS) is 8.57. The molecule has 4 heteroatoms. The number of hydrogen-bond donors (Lipinski definition) is 1. The molecule has 2 N–H and O–H groups in total. The molecule has 0 aliphatic heterocycles. The van der Waals surface area contributed by atoms with Crippen LogP contribution in [0.1, 0.15) is 12.0 Å². The van der Waals surface area contributed by atoms with E-state index >= 15 is 0 Å². The van der Waals surface area contributed by atoms with Crippen molar-refractivity contribution in [2.75, 3.05) is 13.2 Å². The summed E-state index contributed by atoms with van der Waals surface area (Å²) in [5.74, 6) is 0.785. The molecule has 0 saturated heterocycles. The predicted molar refractivity (Wildman–Crippen MR) is 57.6 cm³/mol. The zero-order valence-electron chi connectivity index (χ0n) is 7.77. The molecule has 1 aromatic carbocycles. The number of rotatable bonds is 4. The summed E-state index contributed by atoms with van der Waals surface area (Å²) < 4.78 is 5.36. The summed E-state index contributed by atoms with van der Waals surface area (Å²) in [6.45, 7) is 1.26. The highest BCUT2D eigenvalue weighted by Crippen LogP contribution is 2.11. The molecule has 0 bridgehead atoms. The van der Waals surface area contributed by atoms with Crippen LogP contribution in [-0.4, -0.2) is 13.2 Å². The van der Waals surface area contributed by atoms with Gasteiger partial charge >= 0.3 is 0 Å². The fourth-order valence-corrected chi connectivity index (χ4v) is 0.899. The third-order valence-corrected chi connectivity index (χ3v) is 1.60. The van der Waals surface area contributed by atoms with Crippen LogP contribution in [0.2, 0.25) is 0 Å². The first-order chi connectivity index (χ1) is 6.36. The predicted octanol–water partition coefficient (Wildman–Crippen LogP) is 1.71. The molecule has 0 heterocycles. The van der Waals surface area contributed by atoms with Crippen molar-refractivity contribution in [3.8, 4) is 11.8 Å². The molecule has 0 radical (unpaired) electrons. The van der Waals surface area contributed by atoms with E-state index in [9.17, 15) is 0 Å². The topological polar surface area (TPSA) is 59.0 Å². The first kappa shape index (κ1) is 12.8. The Morgan fingerprint density at radius 1 is 1.29 bits per heavy atom. The van der Waals surface area contributed by atoms with Crippen molar-refractivity contribution >= 4 is 12.4 Å². The molecule has 0 saturated carbocycles. The van der Waals surface area contributed by atoms with Crippen LogP contribution in [0.15, 0.2) is 24.3 Å². The molecular weight excluding hydrogens is 200 g/mol. The summed E-state index contributed by atoms with van der Waals surface area (Å²) >= 11 is 0. The highest BCUT2D eigenvalue weighted by molar-refractivity contribution is 5.85. The monoisotopic (exact) mass is 212 g/mol. The van der Waals surface area contributed by atoms with Gasteiger partial charge in [0.2, 0.25) is 0 Å². The smallest absolute Gasteiger partial charge is 0.119 e. The van der Waals surface area contributed by atoms with E-state index in [1.54, 1.807) is 24.3 Å². The number of benzene rings is 1. The highest BCUT2D eigenvalue weighted by Gasteiger charge is 1.93. The van der Waals surface area contributed by atoms with E-state index in [2.05, 4.69) is 0 Å². The third kappa shape index (κ3) is 4.13. The Labute approximate surface area is 89.9 Å². The molecule has 1 aromatic rings. The molecule has 3 nitrogen and oxygen atoms in total. The Bertz CT molecular complexity index is 292. The van der Waals surface area contributed by atoms with Crippen LogP contribution in [0.25, 0.3) is 0 Å². The molecule has 0 unspecified atom stereocenters. The summed E-state index contributed by atoms with van der Waals surface area (Å²) in [6, 6.07) is 9.09. The molecule has 0 spiro atoms. The van der Waals surface area contributed by atoms with Gasteiger partial charge in [0.05, 0.1) is 18.2 Å². The summed E-state index contributed by atoms with van der Waals surface area (Å²) in [6.07, 6.45) is 0.847. The minimum absolute atomic E-state index is 0. The van der Waals surface area contributed by atoms with Gasteiger partial charge in [0.15, 0.2) is 0 Å². The van der Waals surface area contributed by atoms with Gasteiger partial charge in [-0.1, -0.05) is 0 Å². The quantitative estimate of drug-likeness (QED) is 0.773. The van der Waals surface area contributed by atoms with E-state index in [0.29, 0.717) is 18.7 Å². The Morgan fingerprint density at radius 2 is 1.93 bits per heavy atom. The number of nitrogens with zero attached hydrogens (tertiary/aromatic N) is 1. The van der Waals surface area contributed by atoms with E-state index in [1.165, 1.54) is 0 Å². The largest absolute Gasteiger partial charge is 0.494 e. The van der Waals surface area contributed by atoms with Gasteiger partial charge in [-0.05, 0) is 37.2 Å². The first-order valence-electron chi connectivity index (χ1n) is 4.20. The van der Waals surface area contributed by atoms with Crippen molar-refractivity contribution in [1.29, 1.82) is 5.26 Å². The van der Waals surface area contributed by atoms with Crippen LogP contribution < -0.4 is 10.5 Å². The average molecular weight is 213 g/mol. The lowest BCUT2D eigenvalue weighted by Crippen LogP contribution is -2.05. The minimum Gasteiger partial charge on any atom is -0.494 e. The fraction of sp³-hybridized carbons (Fsp3) is 0.300. The van der Waals surface area contributed by atoms with Crippen LogP contribution in [0.4, 0.5) is 0 Å². The molecule has 0 aliphatic carbocycles. The number of hydrogen-bond acceptors (Lipinski definition) is 3. The Balaban J connectivity index is 0.00000169. The van der Waals surface area contributed by atoms with Crippen molar-refractivity contribution in [2.24, 2.45) is 5.73 Å². The van der Waals surface area contributed by atoms with Crippen LogP contribution in [0, 0.1) is 11.3 Å². The first-order valence-corrected chi connectivity index (χ1v) is 4.20. The highest BCUT2D eigenvalue weighted by atomic mass is 35.5. The van der Waals surface area contributed by atoms with Gasteiger partial charge in [-0.3, -0.25) is 0 Å². The van der Waals surface area contributed by atoms with Gasteiger partial charge in [-0.25, -0.2) is 0 Å². The lowest BCUT2D eigenvalue weighted by molar-refractivity contribution is 0.313. The molecule has 0 aromatic heterocycles. The van der Waals surface area contributed by atoms with Crippen LogP contribution in [-0.2, 0) is 0 Å². The van der Waals surface area contributed by atoms with E-state index < -0.39 is 0 Å². The lowest BCUT2D eigenvalue weighted by Gasteiger charge is -2.03. The zero-order valence-corrected chi connectivity index (χ0v) is 8.59. The van der Waals surface area contributed by atoms with Gasteiger partial charge < -0.3 is 10.5 Å². The molecule has 0 fully saturated rings. The average Bonchev–Trinajstić information content (AvgIpc) is 2.19. The van der Waals surface area contributed by atoms with Crippen LogP contribution in [0.5, 0.6) is 5.75 Å². The maximum Gasteiger partial charge on any atom is 0.119 e. The molecule has 0 aliphatic rings. The van der Waals surface area contributed by atoms with Crippen molar-refractivity contribution in [3.63, 3.8) is 0 Å². The van der Waals surface area contributed by atoms with Gasteiger partial charge in [-0.15, -0.1) is 12.4 Å². The third-order valence-electron chi connectivity index (χ3n) is 1.60. The lowest BCUT2D eigenvalue weighted by atomic mass is 10.2. The van der Waals surface area contributed by atoms with Crippen molar-refractivity contribution in [3.05, 3.63) is 29.8 Å². The van der Waals surface area contributed by atoms with E-state index in [4.69, 9.17) is 15.7 Å². The van der Waals surface area contributed by atoms with Crippen molar-refractivity contribution in [1.82, 2.24) is 0 Å². The molecular formula is C10H13ClN2O. The molecule has 0 amide bonds. The Hall–Kier alpha value is -1.24. The second-order valence-corrected chi connectivity index (χ2v) is 2.63. The number of ether oxygens (including phenoxy) is 1. The minimum atomic E-state index is 0. The van der Waals surface area contributed by atoms with Gasteiger partial charge in [0, 0.05) is 0 Å². The SMILES string of the molecule is Cl.N#Cc1ccc(OCCCN)cc1. The maximum atomic E-state index is 8.54. The zero-order chi connectivity index (χ0) is 9.52. The Kier molecular flexibility index (Phi) is 6.55. The second-order valence-electron chi connectivity index (χ2n) is 2.63. The summed E-state index contributed by atoms with van der Waals surface area (Å²) in [5.41, 5.74) is 5.96. The van der Waals surface area contributed by atoms with Crippen LogP contribution in [0.3, 0.4) is 0 Å². The van der Waals surface area contributed by atoms with Gasteiger partial charge in [0.1, 0.15) is 5.75 Å². The molecule has 14 heavy (non-hydrogen) atoms. The Morgan fingerprint density at radius 3 is 2.43 bits per heavy atom. The number of halogens is 1. The molecule has 1 rings (SSSR count). The summed E-state index contributed by atoms with van der Waals surface area (Å²) in [5, 5.41) is 8.54. The van der Waals surface area contributed by atoms with Gasteiger partial charge in [-0.2, -0.15) is 5.26 Å². The number of nitrogens with two attached hydrogens (primary N) is 1. The van der Waals surface area contributed by atoms with E-state index in [0.717, 1.165) is 12.2 Å². The molecule has 0 atom stereocenters. The number of nitriles is 1. The summed E-state index contributed by atoms with van der Waals surface area (Å²) in [7, 11) is 0. The van der Waals surface area contributed by atoms with Crippen molar-refractivity contribution in [2.45, 2.75) is 6.42 Å². The van der Waals surface area contributed by atoms with Crippen molar-refractivity contribution < 1.29 is 4.74 Å². The maximum absolute atomic E-state index is 8.54. The summed E-state index contributed by atoms with van der Waals surface area (Å²) in [4.78, 5) is 0. The van der Waals surface area contributed by atoms with Gasteiger partial charge in [0.25, 0.3) is 0 Å². The second kappa shape index (κ2) is 7.19. The fourth-order valence-electron chi connectivity index (χ4n) is 0.899. The standard InChI is InChI=1S/C10H12N2O.ClH/c11-6-1-7-13-10-4-2-9(8-12)3-5-10;/h2-5H,1,6-7,11H2;1H. The van der Waals surface area contributed by atoms with E-state index in [-0.39, 0.29) is 12.4 Å². The van der Waals surface area contributed by atoms with Crippen LogP contribution >= 0.6 is 12.4 Å². The van der Waals surface area contributed by atoms with E-state index in [1.807, 2.05) is 6.07 Å². The molecule has 76 valence electrons.